The standard InChI is InChI=1S/C13H23NO5P2/c1-4-18-11(16)9(20)6-13(3,14-8-15)7-10(21)12(17)19-5-2/h9-10H,4-7,20-21H2,1-3H3. The molecule has 6 nitrogen and oxygen atoms in total. The second kappa shape index (κ2) is 10.00. The zero-order valence-corrected chi connectivity index (χ0v) is 14.9. The van der Waals surface area contributed by atoms with Gasteiger partial charge in [0.2, 0.25) is 6.08 Å². The molecule has 120 valence electrons. The van der Waals surface area contributed by atoms with Gasteiger partial charge in [-0.2, -0.15) is 4.99 Å². The molecule has 4 atom stereocenters. The Morgan fingerprint density at radius 1 is 1.10 bits per heavy atom. The summed E-state index contributed by atoms with van der Waals surface area (Å²) in [6.45, 7) is 5.71. The van der Waals surface area contributed by atoms with E-state index in [9.17, 15) is 14.4 Å². The first kappa shape index (κ1) is 20.2. The van der Waals surface area contributed by atoms with Crippen molar-refractivity contribution in [1.29, 1.82) is 0 Å². The number of aliphatic imine (C=N–C) groups is 1. The molecule has 0 aliphatic heterocycles. The zero-order valence-electron chi connectivity index (χ0n) is 12.6. The van der Waals surface area contributed by atoms with Crippen LogP contribution in [-0.4, -0.2) is 48.1 Å². The van der Waals surface area contributed by atoms with Crippen LogP contribution in [0.25, 0.3) is 0 Å². The van der Waals surface area contributed by atoms with E-state index in [2.05, 4.69) is 23.5 Å². The lowest BCUT2D eigenvalue weighted by Crippen LogP contribution is -2.35. The van der Waals surface area contributed by atoms with E-state index in [1.807, 2.05) is 0 Å². The fourth-order valence-corrected chi connectivity index (χ4v) is 3.11. The Balaban J connectivity index is 4.87. The van der Waals surface area contributed by atoms with Crippen LogP contribution in [0.3, 0.4) is 0 Å². The summed E-state index contributed by atoms with van der Waals surface area (Å²) in [5.74, 6) is -0.766. The van der Waals surface area contributed by atoms with Gasteiger partial charge in [-0.25, -0.2) is 4.79 Å². The minimum Gasteiger partial charge on any atom is -0.466 e. The van der Waals surface area contributed by atoms with Crippen molar-refractivity contribution in [2.24, 2.45) is 4.99 Å². The highest BCUT2D eigenvalue weighted by atomic mass is 31.0. The summed E-state index contributed by atoms with van der Waals surface area (Å²) >= 11 is 0. The molecule has 0 saturated heterocycles. The van der Waals surface area contributed by atoms with E-state index in [1.54, 1.807) is 20.8 Å². The van der Waals surface area contributed by atoms with Crippen LogP contribution in [0.2, 0.25) is 0 Å². The van der Waals surface area contributed by atoms with Crippen LogP contribution < -0.4 is 0 Å². The minimum absolute atomic E-state index is 0.260. The van der Waals surface area contributed by atoms with Gasteiger partial charge in [0.15, 0.2) is 0 Å². The second-order valence-electron chi connectivity index (χ2n) is 4.83. The summed E-state index contributed by atoms with van der Waals surface area (Å²) in [5.41, 5.74) is -1.90. The van der Waals surface area contributed by atoms with Gasteiger partial charge in [0.1, 0.15) is 0 Å². The van der Waals surface area contributed by atoms with Crippen LogP contribution in [0, 0.1) is 0 Å². The predicted octanol–water partition coefficient (Wildman–Crippen LogP) is 1.47. The van der Waals surface area contributed by atoms with Crippen molar-refractivity contribution >= 4 is 36.5 Å². The topological polar surface area (TPSA) is 82.0 Å². The number of hydrogen-bond acceptors (Lipinski definition) is 6. The van der Waals surface area contributed by atoms with Gasteiger partial charge in [-0.1, -0.05) is 0 Å². The lowest BCUT2D eigenvalue weighted by Gasteiger charge is -2.28. The molecule has 4 unspecified atom stereocenters. The largest absolute Gasteiger partial charge is 0.466 e. The highest BCUT2D eigenvalue weighted by molar-refractivity contribution is 7.19. The van der Waals surface area contributed by atoms with Crippen molar-refractivity contribution in [1.82, 2.24) is 0 Å². The van der Waals surface area contributed by atoms with Gasteiger partial charge < -0.3 is 9.47 Å². The minimum atomic E-state index is -0.889. The summed E-state index contributed by atoms with van der Waals surface area (Å²) < 4.78 is 9.84. The number of ether oxygens (including phenoxy) is 2. The summed E-state index contributed by atoms with van der Waals surface area (Å²) in [6, 6.07) is 0. The fourth-order valence-electron chi connectivity index (χ4n) is 1.90. The van der Waals surface area contributed by atoms with E-state index < -0.39 is 16.9 Å². The van der Waals surface area contributed by atoms with Crippen LogP contribution >= 0.6 is 18.5 Å². The molecule has 8 heteroatoms. The molecule has 0 aliphatic rings. The second-order valence-corrected chi connectivity index (χ2v) is 6.43. The Kier molecular flexibility index (Phi) is 9.61. The normalized spacial score (nSPS) is 16.0. The first-order chi connectivity index (χ1) is 9.79. The molecule has 0 amide bonds. The molecule has 0 rings (SSSR count). The Morgan fingerprint density at radius 2 is 1.48 bits per heavy atom. The van der Waals surface area contributed by atoms with Crippen LogP contribution in [0.5, 0.6) is 0 Å². The highest BCUT2D eigenvalue weighted by Crippen LogP contribution is 2.30. The van der Waals surface area contributed by atoms with Crippen molar-refractivity contribution in [3.63, 3.8) is 0 Å². The number of isocyanates is 1. The summed E-state index contributed by atoms with van der Waals surface area (Å²) in [4.78, 5) is 37.7. The highest BCUT2D eigenvalue weighted by Gasteiger charge is 2.34. The molecule has 0 aromatic rings. The third-order valence-electron chi connectivity index (χ3n) is 2.81. The first-order valence-electron chi connectivity index (χ1n) is 6.73. The third-order valence-corrected chi connectivity index (χ3v) is 3.83. The Labute approximate surface area is 129 Å². The van der Waals surface area contributed by atoms with Crippen molar-refractivity contribution in [3.05, 3.63) is 0 Å². The quantitative estimate of drug-likeness (QED) is 0.276. The maximum atomic E-state index is 11.7. The Morgan fingerprint density at radius 3 is 1.76 bits per heavy atom. The maximum absolute atomic E-state index is 11.7. The molecule has 21 heavy (non-hydrogen) atoms. The summed E-state index contributed by atoms with van der Waals surface area (Å²) in [7, 11) is 4.76. The molecule has 0 aromatic heterocycles. The van der Waals surface area contributed by atoms with Crippen molar-refractivity contribution in [2.75, 3.05) is 13.2 Å². The Hall–Kier alpha value is -0.820. The van der Waals surface area contributed by atoms with Crippen LogP contribution in [0.4, 0.5) is 0 Å². The molecule has 0 fully saturated rings. The average molecular weight is 335 g/mol. The van der Waals surface area contributed by atoms with Gasteiger partial charge in [0, 0.05) is 0 Å². The van der Waals surface area contributed by atoms with Crippen LogP contribution in [-0.2, 0) is 23.9 Å². The van der Waals surface area contributed by atoms with E-state index in [4.69, 9.17) is 9.47 Å². The van der Waals surface area contributed by atoms with E-state index in [0.717, 1.165) is 0 Å². The van der Waals surface area contributed by atoms with Crippen molar-refractivity contribution in [2.45, 2.75) is 50.5 Å². The van der Waals surface area contributed by atoms with Crippen LogP contribution in [0.1, 0.15) is 33.6 Å². The smallest absolute Gasteiger partial charge is 0.312 e. The lowest BCUT2D eigenvalue weighted by atomic mass is 9.90. The molecule has 0 heterocycles. The maximum Gasteiger partial charge on any atom is 0.312 e. The third kappa shape index (κ3) is 7.66. The number of carbonyl (C=O) groups excluding carboxylic acids is 3. The monoisotopic (exact) mass is 335 g/mol. The molecule has 0 aliphatic carbocycles. The predicted molar refractivity (Wildman–Crippen MR) is 86.0 cm³/mol. The lowest BCUT2D eigenvalue weighted by molar-refractivity contribution is -0.143. The van der Waals surface area contributed by atoms with Gasteiger partial charge in [-0.3, -0.25) is 9.59 Å². The molecule has 0 N–H and O–H groups in total. The molecular weight excluding hydrogens is 312 g/mol. The number of nitrogens with zero attached hydrogens (tertiary/aromatic N) is 1. The fraction of sp³-hybridized carbons (Fsp3) is 0.769. The number of hydrogen-bond donors (Lipinski definition) is 0. The van der Waals surface area contributed by atoms with Gasteiger partial charge in [-0.05, 0) is 33.6 Å². The Bertz CT molecular complexity index is 383. The average Bonchev–Trinajstić information content (AvgIpc) is 2.38. The summed E-state index contributed by atoms with van der Waals surface area (Å²) in [5, 5.41) is 0. The molecular formula is C13H23NO5P2. The summed E-state index contributed by atoms with van der Waals surface area (Å²) in [6.07, 6.45) is 2.03. The van der Waals surface area contributed by atoms with Gasteiger partial charge in [0.05, 0.1) is 30.1 Å². The van der Waals surface area contributed by atoms with E-state index in [1.165, 1.54) is 6.08 Å². The molecule has 0 aromatic carbocycles. The molecule has 0 bridgehead atoms. The van der Waals surface area contributed by atoms with E-state index in [-0.39, 0.29) is 38.0 Å². The van der Waals surface area contributed by atoms with Gasteiger partial charge in [-0.15, -0.1) is 18.5 Å². The number of carbonyl (C=O) groups is 2. The SMILES string of the molecule is CCOC(=O)C(P)CC(C)(CC(P)C(=O)OCC)N=C=O. The molecule has 0 spiro atoms. The number of rotatable bonds is 9. The van der Waals surface area contributed by atoms with Crippen molar-refractivity contribution in [3.8, 4) is 0 Å². The molecule has 0 saturated carbocycles. The number of esters is 2. The van der Waals surface area contributed by atoms with Gasteiger partial charge in [0.25, 0.3) is 0 Å². The van der Waals surface area contributed by atoms with E-state index in [0.29, 0.717) is 0 Å². The zero-order chi connectivity index (χ0) is 16.5. The van der Waals surface area contributed by atoms with Crippen LogP contribution in [0.15, 0.2) is 4.99 Å². The van der Waals surface area contributed by atoms with Crippen molar-refractivity contribution < 1.29 is 23.9 Å². The molecule has 0 radical (unpaired) electrons. The first-order valence-corrected chi connectivity index (χ1v) is 8.06. The van der Waals surface area contributed by atoms with Gasteiger partial charge >= 0.3 is 11.9 Å². The van der Waals surface area contributed by atoms with E-state index >= 15 is 0 Å².